The quantitative estimate of drug-likeness (QED) is 0.0305. The Morgan fingerprint density at radius 2 is 0.648 bits per heavy atom. The second-order valence-electron chi connectivity index (χ2n) is 29.2. The second-order valence-corrected chi connectivity index (χ2v) is 38.2. The van der Waals surface area contributed by atoms with Crippen molar-refractivity contribution in [3.8, 4) is 0 Å². The first-order valence-corrected chi connectivity index (χ1v) is 48.4. The average Bonchev–Trinajstić information content (AvgIpc) is 1.64. The highest BCUT2D eigenvalue weighted by molar-refractivity contribution is 14.1. The lowest BCUT2D eigenvalue weighted by molar-refractivity contribution is 0.00578. The molecule has 0 amide bonds. The van der Waals surface area contributed by atoms with E-state index in [-0.39, 0.29) is 93.1 Å². The molecule has 9 aromatic carbocycles. The Morgan fingerprint density at radius 1 is 0.359 bits per heavy atom. The molecule has 0 bridgehead atoms. The molecule has 44 heteroatoms. The van der Waals surface area contributed by atoms with E-state index >= 15 is 0 Å². The van der Waals surface area contributed by atoms with Crippen LogP contribution in [0.3, 0.4) is 0 Å². The van der Waals surface area contributed by atoms with Gasteiger partial charge in [0.2, 0.25) is 0 Å². The van der Waals surface area contributed by atoms with Crippen molar-refractivity contribution in [1.29, 1.82) is 0 Å². The Hall–Kier alpha value is -2.27. The van der Waals surface area contributed by atoms with Crippen molar-refractivity contribution in [3.63, 3.8) is 0 Å². The van der Waals surface area contributed by atoms with Crippen LogP contribution < -0.4 is 0 Å². The summed E-state index contributed by atoms with van der Waals surface area (Å²) in [6.45, 7) is 21.8. The summed E-state index contributed by atoms with van der Waals surface area (Å²) in [5.41, 5.74) is 6.63. The van der Waals surface area contributed by atoms with Gasteiger partial charge in [0.15, 0.2) is 0 Å². The topological polar surface area (TPSA) is 196 Å². The van der Waals surface area contributed by atoms with Crippen molar-refractivity contribution in [2.75, 3.05) is 53.4 Å². The Labute approximate surface area is 850 Å². The molecule has 9 aromatic rings. The minimum atomic E-state index is -0.820. The van der Waals surface area contributed by atoms with Crippen molar-refractivity contribution in [1.82, 2.24) is 0 Å². The smallest absolute Gasteiger partial charge is 0.432 e. The van der Waals surface area contributed by atoms with Crippen LogP contribution in [0.1, 0.15) is 103 Å². The molecule has 0 radical (unpaired) electrons. The van der Waals surface area contributed by atoms with Gasteiger partial charge in [0.05, 0.1) is 90.0 Å². The van der Waals surface area contributed by atoms with E-state index in [1.807, 2.05) is 71.7 Å². The molecule has 0 aromatic heterocycles. The fraction of sp³-hybridized carbons (Fsp3) is 0.357. The van der Waals surface area contributed by atoms with Gasteiger partial charge in [-0.3, -0.25) is 0 Å². The lowest BCUT2D eigenvalue weighted by Crippen LogP contribution is -2.41. The maximum Gasteiger partial charge on any atom is 0.640 e. The third-order valence-corrected chi connectivity index (χ3v) is 26.4. The summed E-state index contributed by atoms with van der Waals surface area (Å²) in [7, 11) is -2.82. The summed E-state index contributed by atoms with van der Waals surface area (Å²) in [5, 5.41) is 8.86. The molecule has 1 unspecified atom stereocenters. The van der Waals surface area contributed by atoms with Gasteiger partial charge in [0.25, 0.3) is 6.92 Å². The summed E-state index contributed by atoms with van der Waals surface area (Å²) in [5.74, 6) is -2.08. The van der Waals surface area contributed by atoms with Gasteiger partial charge in [-0.25, -0.2) is 35.1 Å². The van der Waals surface area contributed by atoms with Crippen LogP contribution in [0.2, 0.25) is 27.3 Å². The lowest BCUT2D eigenvalue weighted by Gasteiger charge is -2.31. The van der Waals surface area contributed by atoms with E-state index in [2.05, 4.69) is 174 Å². The molecule has 0 saturated carbocycles. The molecule has 5 heterocycles. The number of hydrogen-bond donors (Lipinski definition) is 1. The number of benzene rings is 9. The Balaban J connectivity index is 0.000000201. The highest BCUT2D eigenvalue weighted by Gasteiger charge is 2.53. The van der Waals surface area contributed by atoms with Crippen molar-refractivity contribution in [2.45, 2.75) is 144 Å². The standard InChI is InChI=1S/C15H13BFIO3.C13H17BFIO3.C11H13BBrFO3.C10H11BFIO3.C9H9BFIO3.C9H11BFIO2.C9H11BFIO.C8H9BFIO2/c17-13-6-7-14(18)12(8-13)9-19-16-20-10-15(21-16)11-4-2-1-3-5-11;1-12(2)13(3,4)19-14(18-12)17-8-9-7-10(15)5-6-11(9)16;13-11-4-3-10(14)7-9(11)8-17-12-15-5-1-2-6-16-12;12-9-2-3-10(13)8(6-9)7-16-11-14-4-1-5-15-11;11-8-1-2-9(12)7(5-8)6-15-10-13-3-4-14-10;1-10(13-2)14-6-7-5-8(11)3-4-9(7)12;1-10(2)13-6-7-5-8(11)3-4-9(7)12;1-9(12)13-5-6-4-7(10)2-3-8(6)11/h1-8,15H,9-10H2;5-7H,8H2,1-4H3;3-4,7H,1-2,5-6,8H2;2-3,6H,1,4-5,7H2;1-2,5H,3-4,6H2;3-5H,6H2,1-2H3;3-5H,6H2,1-2H3;2-4,12H,5H2,1H3. The van der Waals surface area contributed by atoms with Crippen LogP contribution in [0.5, 0.6) is 0 Å². The van der Waals surface area contributed by atoms with Crippen molar-refractivity contribution >= 4 is 232 Å². The van der Waals surface area contributed by atoms with E-state index in [1.165, 1.54) is 104 Å². The van der Waals surface area contributed by atoms with E-state index in [1.54, 1.807) is 62.5 Å². The molecule has 1 N–H and O–H groups in total. The van der Waals surface area contributed by atoms with Gasteiger partial charge in [-0.05, 0) is 414 Å². The molecular formula is C84H94B8BrF8I7O20. The first-order chi connectivity index (χ1) is 61.0. The zero-order chi connectivity index (χ0) is 93.3. The summed E-state index contributed by atoms with van der Waals surface area (Å²) < 4.78 is 213. The molecule has 0 aliphatic carbocycles. The molecule has 128 heavy (non-hydrogen) atoms. The lowest BCUT2D eigenvalue weighted by atomic mass is 9.75. The second kappa shape index (κ2) is 60.5. The van der Waals surface area contributed by atoms with Crippen LogP contribution in [0.15, 0.2) is 180 Å². The Morgan fingerprint density at radius 3 is 0.992 bits per heavy atom. The maximum absolute atomic E-state index is 13.2. The van der Waals surface area contributed by atoms with Gasteiger partial charge in [0.1, 0.15) is 46.5 Å². The van der Waals surface area contributed by atoms with Crippen molar-refractivity contribution < 1.29 is 129 Å². The van der Waals surface area contributed by atoms with Crippen LogP contribution in [0, 0.1) is 71.5 Å². The molecule has 5 aliphatic rings. The van der Waals surface area contributed by atoms with Crippen LogP contribution in [0.25, 0.3) is 0 Å². The third kappa shape index (κ3) is 43.2. The highest BCUT2D eigenvalue weighted by Crippen LogP contribution is 2.38. The molecule has 5 saturated heterocycles. The van der Waals surface area contributed by atoms with E-state index < -0.39 is 54.9 Å². The molecule has 1 atom stereocenters. The normalized spacial score (nSPS) is 15.5. The minimum absolute atomic E-state index is 0.122. The Kier molecular flexibility index (Phi) is 53.2. The fourth-order valence-corrected chi connectivity index (χ4v) is 14.4. The van der Waals surface area contributed by atoms with Gasteiger partial charge in [-0.1, -0.05) is 59.9 Å². The fourth-order valence-electron chi connectivity index (χ4n) is 10.6. The molecule has 5 fully saturated rings. The number of halogens is 16. The number of rotatable bonds is 26. The molecule has 5 aliphatic heterocycles. The van der Waals surface area contributed by atoms with Gasteiger partial charge < -0.3 is 93.5 Å². The van der Waals surface area contributed by atoms with Crippen molar-refractivity contribution in [3.05, 3.63) is 302 Å². The summed E-state index contributed by atoms with van der Waals surface area (Å²) >= 11 is 18.3. The first kappa shape index (κ1) is 113. The highest BCUT2D eigenvalue weighted by atomic mass is 127. The van der Waals surface area contributed by atoms with Gasteiger partial charge >= 0.3 is 50.8 Å². The third-order valence-electron chi connectivity index (χ3n) is 18.3. The van der Waals surface area contributed by atoms with E-state index in [9.17, 15) is 35.1 Å². The molecular weight excluding hydrogens is 2540 g/mol. The van der Waals surface area contributed by atoms with Crippen LogP contribution in [0.4, 0.5) is 35.1 Å². The van der Waals surface area contributed by atoms with Crippen LogP contribution in [-0.2, 0) is 141 Å². The van der Waals surface area contributed by atoms with E-state index in [0.717, 1.165) is 98.8 Å². The number of hydrogen-bond acceptors (Lipinski definition) is 20. The molecule has 14 rings (SSSR count). The summed E-state index contributed by atoms with van der Waals surface area (Å²) in [6.07, 6.45) is 2.72. The Bertz CT molecular complexity index is 4720. The maximum atomic E-state index is 13.2. The SMILES string of the molecule is CB(C)OCc1cc(F)ccc1I.CB(O)OCc1cc(F)ccc1I.CC1(C)OB(OCc2cc(F)ccc2I)OC1(C)C.COB(C)OCc1cc(F)ccc1I.Fc1ccc(Br)c(COB2OCCCCO2)c1.Fc1ccc(I)c(COB2OCC(c3ccccc3)O2)c1.Fc1ccc(I)c(COB2OCCCO2)c1.Fc1ccc(I)c(COB2OCCO2)c1. The van der Waals surface area contributed by atoms with Crippen molar-refractivity contribution in [2.24, 2.45) is 0 Å². The van der Waals surface area contributed by atoms with Gasteiger partial charge in [-0.15, -0.1) is 0 Å². The predicted molar refractivity (Wildman–Crippen MR) is 541 cm³/mol. The zero-order valence-electron chi connectivity index (χ0n) is 71.4. The molecule has 686 valence electrons. The summed E-state index contributed by atoms with van der Waals surface area (Å²) in [6, 6.07) is 46.6. The van der Waals surface area contributed by atoms with Crippen LogP contribution in [-0.4, -0.2) is 127 Å². The van der Waals surface area contributed by atoms with E-state index in [0.29, 0.717) is 72.7 Å². The first-order valence-electron chi connectivity index (χ1n) is 40.0. The average molecular weight is 2630 g/mol. The zero-order valence-corrected chi connectivity index (χ0v) is 88.1. The predicted octanol–water partition coefficient (Wildman–Crippen LogP) is 22.5. The van der Waals surface area contributed by atoms with Gasteiger partial charge in [-0.2, -0.15) is 0 Å². The minimum Gasteiger partial charge on any atom is -0.432 e. The molecule has 0 spiro atoms. The summed E-state index contributed by atoms with van der Waals surface area (Å²) in [4.78, 5) is 0. The molecule has 20 nitrogen and oxygen atoms in total. The van der Waals surface area contributed by atoms with Gasteiger partial charge in [0, 0.05) is 63.0 Å². The van der Waals surface area contributed by atoms with Crippen LogP contribution >= 0.6 is 174 Å². The van der Waals surface area contributed by atoms with E-state index in [4.69, 9.17) is 93.5 Å². The monoisotopic (exact) mass is 2630 g/mol. The largest absolute Gasteiger partial charge is 0.640 e.